The molecule has 1 aromatic carbocycles. The van der Waals surface area contributed by atoms with Gasteiger partial charge in [0.2, 0.25) is 11.8 Å². The quantitative estimate of drug-likeness (QED) is 0.864. The monoisotopic (exact) mass is 342 g/mol. The second kappa shape index (κ2) is 7.68. The topological polar surface area (TPSA) is 49.4 Å². The van der Waals surface area contributed by atoms with Gasteiger partial charge in [-0.1, -0.05) is 30.3 Å². The molecule has 2 amide bonds. The third-order valence-corrected chi connectivity index (χ3v) is 4.05. The number of halogens is 3. The number of alkyl halides is 3. The summed E-state index contributed by atoms with van der Waals surface area (Å²) in [5, 5.41) is 2.80. The summed E-state index contributed by atoms with van der Waals surface area (Å²) in [5.74, 6) is -1.68. The second-order valence-corrected chi connectivity index (χ2v) is 6.22. The van der Waals surface area contributed by atoms with E-state index in [2.05, 4.69) is 5.32 Å². The number of amides is 2. The number of benzene rings is 1. The molecule has 7 heteroatoms. The lowest BCUT2D eigenvalue weighted by molar-refractivity contribution is -0.157. The Balaban J connectivity index is 1.79. The van der Waals surface area contributed by atoms with Crippen molar-refractivity contribution in [2.45, 2.75) is 38.4 Å². The SMILES string of the molecule is C[C@H](CCc1ccccc1)NC(=O)[C@H]1CC(=O)N(CC(F)(F)F)C1. The van der Waals surface area contributed by atoms with Gasteiger partial charge >= 0.3 is 6.18 Å². The van der Waals surface area contributed by atoms with Gasteiger partial charge in [0.1, 0.15) is 6.54 Å². The highest BCUT2D eigenvalue weighted by atomic mass is 19.4. The molecule has 1 saturated heterocycles. The van der Waals surface area contributed by atoms with Crippen LogP contribution in [-0.4, -0.2) is 42.0 Å². The maximum atomic E-state index is 12.4. The first kappa shape index (κ1) is 18.3. The number of nitrogens with one attached hydrogen (secondary N) is 1. The average molecular weight is 342 g/mol. The summed E-state index contributed by atoms with van der Waals surface area (Å²) in [6.45, 7) is 0.389. The number of nitrogens with zero attached hydrogens (tertiary/aromatic N) is 1. The van der Waals surface area contributed by atoms with Crippen LogP contribution >= 0.6 is 0 Å². The lowest BCUT2D eigenvalue weighted by Gasteiger charge is -2.19. The van der Waals surface area contributed by atoms with Crippen molar-refractivity contribution in [2.24, 2.45) is 5.92 Å². The maximum absolute atomic E-state index is 12.4. The maximum Gasteiger partial charge on any atom is 0.406 e. The van der Waals surface area contributed by atoms with Crippen LogP contribution in [0.15, 0.2) is 30.3 Å². The fourth-order valence-electron chi connectivity index (χ4n) is 2.78. The first-order chi connectivity index (χ1) is 11.2. The number of hydrogen-bond donors (Lipinski definition) is 1. The van der Waals surface area contributed by atoms with E-state index in [1.807, 2.05) is 37.3 Å². The van der Waals surface area contributed by atoms with Crippen LogP contribution in [-0.2, 0) is 16.0 Å². The van der Waals surface area contributed by atoms with Crippen molar-refractivity contribution in [3.8, 4) is 0 Å². The molecule has 0 aliphatic carbocycles. The standard InChI is InChI=1S/C17H21F3N2O2/c1-12(7-8-13-5-3-2-4-6-13)21-16(24)14-9-15(23)22(10-14)11-17(18,19)20/h2-6,12,14H,7-11H2,1H3,(H,21,24)/t12-,14+/m1/s1. The molecule has 1 heterocycles. The molecule has 0 unspecified atom stereocenters. The Labute approximate surface area is 139 Å². The van der Waals surface area contributed by atoms with E-state index in [9.17, 15) is 22.8 Å². The van der Waals surface area contributed by atoms with Crippen LogP contribution in [0.5, 0.6) is 0 Å². The van der Waals surface area contributed by atoms with Gasteiger partial charge in [0.15, 0.2) is 0 Å². The molecule has 2 rings (SSSR count). The van der Waals surface area contributed by atoms with Crippen molar-refractivity contribution >= 4 is 11.8 Å². The summed E-state index contributed by atoms with van der Waals surface area (Å²) in [4.78, 5) is 24.5. The third-order valence-electron chi connectivity index (χ3n) is 4.05. The normalized spacial score (nSPS) is 19.4. The van der Waals surface area contributed by atoms with Crippen LogP contribution in [0.2, 0.25) is 0 Å². The molecule has 0 bridgehead atoms. The predicted octanol–water partition coefficient (Wildman–Crippen LogP) is 2.53. The number of hydrogen-bond acceptors (Lipinski definition) is 2. The van der Waals surface area contributed by atoms with E-state index in [0.717, 1.165) is 18.4 Å². The molecule has 1 fully saturated rings. The Bertz CT molecular complexity index is 575. The lowest BCUT2D eigenvalue weighted by Crippen LogP contribution is -2.40. The van der Waals surface area contributed by atoms with Crippen molar-refractivity contribution < 1.29 is 22.8 Å². The van der Waals surface area contributed by atoms with Gasteiger partial charge in [-0.2, -0.15) is 13.2 Å². The van der Waals surface area contributed by atoms with E-state index in [0.29, 0.717) is 4.90 Å². The van der Waals surface area contributed by atoms with Crippen LogP contribution in [0.4, 0.5) is 13.2 Å². The zero-order valence-electron chi connectivity index (χ0n) is 13.5. The van der Waals surface area contributed by atoms with E-state index >= 15 is 0 Å². The summed E-state index contributed by atoms with van der Waals surface area (Å²) in [7, 11) is 0. The first-order valence-corrected chi connectivity index (χ1v) is 7.93. The minimum absolute atomic E-state index is 0.107. The van der Waals surface area contributed by atoms with E-state index in [4.69, 9.17) is 0 Å². The van der Waals surface area contributed by atoms with E-state index in [1.54, 1.807) is 0 Å². The Kier molecular flexibility index (Phi) is 5.85. The zero-order chi connectivity index (χ0) is 17.7. The Hall–Kier alpha value is -2.05. The largest absolute Gasteiger partial charge is 0.406 e. The first-order valence-electron chi connectivity index (χ1n) is 7.93. The molecular formula is C17H21F3N2O2. The zero-order valence-corrected chi connectivity index (χ0v) is 13.5. The van der Waals surface area contributed by atoms with Crippen molar-refractivity contribution in [2.75, 3.05) is 13.1 Å². The predicted molar refractivity (Wildman–Crippen MR) is 83.1 cm³/mol. The average Bonchev–Trinajstić information content (AvgIpc) is 2.85. The molecular weight excluding hydrogens is 321 g/mol. The number of carbonyl (C=O) groups excluding carboxylic acids is 2. The highest BCUT2D eigenvalue weighted by molar-refractivity contribution is 5.89. The molecule has 1 aliphatic rings. The Morgan fingerprint density at radius 2 is 2.00 bits per heavy atom. The number of aryl methyl sites for hydroxylation is 1. The molecule has 24 heavy (non-hydrogen) atoms. The van der Waals surface area contributed by atoms with Crippen LogP contribution in [0.3, 0.4) is 0 Å². The van der Waals surface area contributed by atoms with E-state index in [-0.39, 0.29) is 24.9 Å². The van der Waals surface area contributed by atoms with Gasteiger partial charge in [-0.3, -0.25) is 9.59 Å². The third kappa shape index (κ3) is 5.54. The summed E-state index contributed by atoms with van der Waals surface area (Å²) in [6.07, 6.45) is -3.08. The molecule has 0 aromatic heterocycles. The van der Waals surface area contributed by atoms with Crippen LogP contribution < -0.4 is 5.32 Å². The number of carbonyl (C=O) groups is 2. The lowest BCUT2D eigenvalue weighted by atomic mass is 10.0. The van der Waals surface area contributed by atoms with Gasteiger partial charge in [0.05, 0.1) is 5.92 Å². The van der Waals surface area contributed by atoms with Gasteiger partial charge < -0.3 is 10.2 Å². The number of likely N-dealkylation sites (tertiary alicyclic amines) is 1. The van der Waals surface area contributed by atoms with E-state index in [1.165, 1.54) is 0 Å². The fraction of sp³-hybridized carbons (Fsp3) is 0.529. The Morgan fingerprint density at radius 1 is 1.33 bits per heavy atom. The molecule has 2 atom stereocenters. The smallest absolute Gasteiger partial charge is 0.353 e. The van der Waals surface area contributed by atoms with Gasteiger partial charge in [-0.15, -0.1) is 0 Å². The number of rotatable bonds is 6. The van der Waals surface area contributed by atoms with Crippen molar-refractivity contribution in [3.05, 3.63) is 35.9 Å². The van der Waals surface area contributed by atoms with Gasteiger partial charge in [0.25, 0.3) is 0 Å². The minimum Gasteiger partial charge on any atom is -0.353 e. The molecule has 1 N–H and O–H groups in total. The summed E-state index contributed by atoms with van der Waals surface area (Å²) < 4.78 is 37.2. The highest BCUT2D eigenvalue weighted by Crippen LogP contribution is 2.24. The molecule has 0 radical (unpaired) electrons. The fourth-order valence-corrected chi connectivity index (χ4v) is 2.78. The Morgan fingerprint density at radius 3 is 2.62 bits per heavy atom. The second-order valence-electron chi connectivity index (χ2n) is 6.22. The molecule has 0 spiro atoms. The molecule has 1 aromatic rings. The summed E-state index contributed by atoms with van der Waals surface area (Å²) in [6, 6.07) is 9.71. The van der Waals surface area contributed by atoms with Crippen molar-refractivity contribution in [1.29, 1.82) is 0 Å². The molecule has 0 saturated carbocycles. The summed E-state index contributed by atoms with van der Waals surface area (Å²) >= 11 is 0. The van der Waals surface area contributed by atoms with Crippen LogP contribution in [0, 0.1) is 5.92 Å². The van der Waals surface area contributed by atoms with Gasteiger partial charge in [-0.05, 0) is 25.3 Å². The van der Waals surface area contributed by atoms with Crippen LogP contribution in [0.25, 0.3) is 0 Å². The minimum atomic E-state index is -4.44. The highest BCUT2D eigenvalue weighted by Gasteiger charge is 2.40. The molecule has 132 valence electrons. The van der Waals surface area contributed by atoms with Gasteiger partial charge in [0, 0.05) is 19.0 Å². The van der Waals surface area contributed by atoms with Crippen LogP contribution in [0.1, 0.15) is 25.3 Å². The van der Waals surface area contributed by atoms with Gasteiger partial charge in [-0.25, -0.2) is 0 Å². The van der Waals surface area contributed by atoms with E-state index < -0.39 is 24.5 Å². The van der Waals surface area contributed by atoms with Crippen molar-refractivity contribution in [3.63, 3.8) is 0 Å². The summed E-state index contributed by atoms with van der Waals surface area (Å²) in [5.41, 5.74) is 1.16. The molecule has 1 aliphatic heterocycles. The molecule has 4 nitrogen and oxygen atoms in total. The van der Waals surface area contributed by atoms with Crippen molar-refractivity contribution in [1.82, 2.24) is 10.2 Å².